The van der Waals surface area contributed by atoms with Gasteiger partial charge in [0.2, 0.25) is 0 Å². The lowest BCUT2D eigenvalue weighted by Crippen LogP contribution is -2.27. The minimum absolute atomic E-state index is 0.210. The first-order valence-electron chi connectivity index (χ1n) is 6.90. The zero-order valence-corrected chi connectivity index (χ0v) is 12.8. The molecular weight excluding hydrogens is 294 g/mol. The van der Waals surface area contributed by atoms with Gasteiger partial charge in [0.05, 0.1) is 16.7 Å². The monoisotopic (exact) mass is 311 g/mol. The van der Waals surface area contributed by atoms with E-state index in [1.165, 1.54) is 6.07 Å². The van der Waals surface area contributed by atoms with Gasteiger partial charge in [-0.05, 0) is 44.9 Å². The van der Waals surface area contributed by atoms with Crippen LogP contribution in [0.5, 0.6) is 0 Å². The maximum absolute atomic E-state index is 12.0. The van der Waals surface area contributed by atoms with E-state index in [-0.39, 0.29) is 22.6 Å². The van der Waals surface area contributed by atoms with Crippen LogP contribution < -0.4 is 5.32 Å². The van der Waals surface area contributed by atoms with Crippen molar-refractivity contribution in [3.63, 3.8) is 0 Å². The van der Waals surface area contributed by atoms with Gasteiger partial charge in [0.1, 0.15) is 6.10 Å². The summed E-state index contributed by atoms with van der Waals surface area (Å²) in [5, 5.41) is 3.02. The van der Waals surface area contributed by atoms with E-state index < -0.39 is 12.1 Å². The molecule has 0 bridgehead atoms. The number of rotatable bonds is 4. The summed E-state index contributed by atoms with van der Waals surface area (Å²) in [7, 11) is 0. The Labute approximate surface area is 128 Å². The highest BCUT2D eigenvalue weighted by Crippen LogP contribution is 2.23. The molecule has 6 heteroatoms. The van der Waals surface area contributed by atoms with Crippen molar-refractivity contribution in [2.24, 2.45) is 0 Å². The first kappa shape index (κ1) is 15.8. The number of ether oxygens (including phenoxy) is 2. The molecule has 0 spiro atoms. The van der Waals surface area contributed by atoms with Gasteiger partial charge in [-0.3, -0.25) is 4.79 Å². The molecule has 1 aliphatic rings. The van der Waals surface area contributed by atoms with Gasteiger partial charge in [-0.1, -0.05) is 11.6 Å². The highest BCUT2D eigenvalue weighted by Gasteiger charge is 2.24. The van der Waals surface area contributed by atoms with Crippen molar-refractivity contribution in [1.82, 2.24) is 0 Å². The van der Waals surface area contributed by atoms with Crippen LogP contribution in [0, 0.1) is 0 Å². The van der Waals surface area contributed by atoms with Crippen molar-refractivity contribution < 1.29 is 19.1 Å². The molecule has 1 aromatic rings. The van der Waals surface area contributed by atoms with E-state index in [4.69, 9.17) is 21.1 Å². The first-order valence-corrected chi connectivity index (χ1v) is 7.28. The first-order chi connectivity index (χ1) is 9.97. The highest BCUT2D eigenvalue weighted by atomic mass is 35.5. The molecule has 2 rings (SSSR count). The van der Waals surface area contributed by atoms with E-state index in [1.54, 1.807) is 26.0 Å². The van der Waals surface area contributed by atoms with Crippen LogP contribution in [0.4, 0.5) is 5.69 Å². The van der Waals surface area contributed by atoms with Crippen molar-refractivity contribution in [2.45, 2.75) is 38.9 Å². The van der Waals surface area contributed by atoms with Crippen LogP contribution in [0.2, 0.25) is 5.02 Å². The lowest BCUT2D eigenvalue weighted by molar-refractivity contribution is -0.124. The molecular formula is C15H18ClNO4. The molecule has 114 valence electrons. The van der Waals surface area contributed by atoms with Crippen molar-refractivity contribution in [1.29, 1.82) is 0 Å². The highest BCUT2D eigenvalue weighted by molar-refractivity contribution is 6.33. The molecule has 1 amide bonds. The minimum Gasteiger partial charge on any atom is -0.459 e. The molecule has 0 radical (unpaired) electrons. The summed E-state index contributed by atoms with van der Waals surface area (Å²) in [5.74, 6) is -0.721. The minimum atomic E-state index is -0.511. The number of benzene rings is 1. The van der Waals surface area contributed by atoms with Gasteiger partial charge in [-0.15, -0.1) is 0 Å². The summed E-state index contributed by atoms with van der Waals surface area (Å²) in [6, 6.07) is 4.71. The zero-order valence-electron chi connectivity index (χ0n) is 12.0. The van der Waals surface area contributed by atoms with Gasteiger partial charge in [0.25, 0.3) is 5.91 Å². The van der Waals surface area contributed by atoms with E-state index in [0.29, 0.717) is 18.7 Å². The lowest BCUT2D eigenvalue weighted by atomic mass is 10.2. The molecule has 0 saturated carbocycles. The maximum Gasteiger partial charge on any atom is 0.339 e. The summed E-state index contributed by atoms with van der Waals surface area (Å²) >= 11 is 6.00. The Morgan fingerprint density at radius 2 is 2.19 bits per heavy atom. The van der Waals surface area contributed by atoms with Gasteiger partial charge < -0.3 is 14.8 Å². The fraction of sp³-hybridized carbons (Fsp3) is 0.467. The van der Waals surface area contributed by atoms with Crippen LogP contribution in [0.1, 0.15) is 37.0 Å². The van der Waals surface area contributed by atoms with Gasteiger partial charge >= 0.3 is 5.97 Å². The fourth-order valence-electron chi connectivity index (χ4n) is 2.04. The average Bonchev–Trinajstić information content (AvgIpc) is 2.94. The summed E-state index contributed by atoms with van der Waals surface area (Å²) in [6.07, 6.45) is 0.928. The summed E-state index contributed by atoms with van der Waals surface area (Å²) < 4.78 is 10.4. The number of hydrogen-bond donors (Lipinski definition) is 1. The topological polar surface area (TPSA) is 64.6 Å². The Kier molecular flexibility index (Phi) is 5.20. The van der Waals surface area contributed by atoms with E-state index in [9.17, 15) is 9.59 Å². The molecule has 1 N–H and O–H groups in total. The van der Waals surface area contributed by atoms with Gasteiger partial charge in [-0.25, -0.2) is 4.79 Å². The van der Waals surface area contributed by atoms with E-state index in [0.717, 1.165) is 6.42 Å². The number of carbonyl (C=O) groups is 2. The second-order valence-electron chi connectivity index (χ2n) is 5.14. The Hall–Kier alpha value is -1.59. The number of carbonyl (C=O) groups excluding carboxylic acids is 2. The standard InChI is InChI=1S/C15H18ClNO4/c1-9(2)21-15(19)11-8-10(5-6-12(11)16)17-14(18)13-4-3-7-20-13/h5-6,8-9,13H,3-4,7H2,1-2H3,(H,17,18)/t13-/m0/s1. The normalized spacial score (nSPS) is 17.8. The smallest absolute Gasteiger partial charge is 0.339 e. The second-order valence-corrected chi connectivity index (χ2v) is 5.55. The Morgan fingerprint density at radius 3 is 2.81 bits per heavy atom. The van der Waals surface area contributed by atoms with Gasteiger partial charge in [0.15, 0.2) is 0 Å². The lowest BCUT2D eigenvalue weighted by Gasteiger charge is -2.13. The van der Waals surface area contributed by atoms with Crippen LogP contribution in [0.3, 0.4) is 0 Å². The molecule has 21 heavy (non-hydrogen) atoms. The molecule has 1 aromatic carbocycles. The van der Waals surface area contributed by atoms with Crippen LogP contribution in [-0.4, -0.2) is 30.7 Å². The average molecular weight is 312 g/mol. The number of esters is 1. The van der Waals surface area contributed by atoms with Crippen LogP contribution in [-0.2, 0) is 14.3 Å². The molecule has 0 aromatic heterocycles. The molecule has 1 fully saturated rings. The quantitative estimate of drug-likeness (QED) is 0.868. The summed E-state index contributed by atoms with van der Waals surface area (Å²) in [4.78, 5) is 23.9. The predicted octanol–water partition coefficient (Wildman–Crippen LogP) is 3.02. The number of nitrogens with one attached hydrogen (secondary N) is 1. The van der Waals surface area contributed by atoms with Crippen molar-refractivity contribution >= 4 is 29.2 Å². The number of hydrogen-bond acceptors (Lipinski definition) is 4. The van der Waals surface area contributed by atoms with E-state index in [2.05, 4.69) is 5.32 Å². The number of halogens is 1. The number of amides is 1. The van der Waals surface area contributed by atoms with Crippen LogP contribution in [0.15, 0.2) is 18.2 Å². The second kappa shape index (κ2) is 6.91. The molecule has 0 unspecified atom stereocenters. The molecule has 5 nitrogen and oxygen atoms in total. The zero-order chi connectivity index (χ0) is 15.4. The van der Waals surface area contributed by atoms with Crippen LogP contribution in [0.25, 0.3) is 0 Å². The van der Waals surface area contributed by atoms with E-state index >= 15 is 0 Å². The maximum atomic E-state index is 12.0. The third-order valence-electron chi connectivity index (χ3n) is 3.02. The third-order valence-corrected chi connectivity index (χ3v) is 3.35. The van der Waals surface area contributed by atoms with Crippen molar-refractivity contribution in [2.75, 3.05) is 11.9 Å². The fourth-order valence-corrected chi connectivity index (χ4v) is 2.24. The van der Waals surface area contributed by atoms with Gasteiger partial charge in [-0.2, -0.15) is 0 Å². The largest absolute Gasteiger partial charge is 0.459 e. The molecule has 1 aliphatic heterocycles. The Morgan fingerprint density at radius 1 is 1.43 bits per heavy atom. The molecule has 0 aliphatic carbocycles. The Balaban J connectivity index is 2.10. The SMILES string of the molecule is CC(C)OC(=O)c1cc(NC(=O)[C@@H]2CCCO2)ccc1Cl. The van der Waals surface area contributed by atoms with Gasteiger partial charge in [0, 0.05) is 12.3 Å². The summed E-state index contributed by atoms with van der Waals surface area (Å²) in [5.41, 5.74) is 0.728. The van der Waals surface area contributed by atoms with Crippen molar-refractivity contribution in [3.05, 3.63) is 28.8 Å². The molecule has 1 heterocycles. The summed E-state index contributed by atoms with van der Waals surface area (Å²) in [6.45, 7) is 4.12. The number of anilines is 1. The molecule has 1 atom stereocenters. The van der Waals surface area contributed by atoms with Crippen molar-refractivity contribution in [3.8, 4) is 0 Å². The van der Waals surface area contributed by atoms with Crippen LogP contribution >= 0.6 is 11.6 Å². The third kappa shape index (κ3) is 4.19. The predicted molar refractivity (Wildman–Crippen MR) is 79.6 cm³/mol. The van der Waals surface area contributed by atoms with E-state index in [1.807, 2.05) is 0 Å². The Bertz CT molecular complexity index is 538. The molecule has 1 saturated heterocycles.